The lowest BCUT2D eigenvalue weighted by atomic mass is 10.1. The molecule has 1 rings (SSSR count). The summed E-state index contributed by atoms with van der Waals surface area (Å²) in [6.07, 6.45) is 36.1. The van der Waals surface area contributed by atoms with Crippen molar-refractivity contribution in [2.75, 3.05) is 6.54 Å². The SMILES string of the molecule is C#C.CC/C=C\C1=C(C)C(=O)N(CCCCCCCC/C=C\C/C=C\CCCCC)C1=O. The average molecular weight is 440 g/mol. The highest BCUT2D eigenvalue weighted by atomic mass is 16.2. The molecule has 0 aromatic heterocycles. The van der Waals surface area contributed by atoms with Crippen LogP contribution < -0.4 is 0 Å². The van der Waals surface area contributed by atoms with Crippen LogP contribution in [0.3, 0.4) is 0 Å². The lowest BCUT2D eigenvalue weighted by Crippen LogP contribution is -2.32. The number of unbranched alkanes of at least 4 members (excludes halogenated alkanes) is 9. The van der Waals surface area contributed by atoms with Crippen molar-refractivity contribution >= 4 is 11.8 Å². The Hall–Kier alpha value is -2.34. The van der Waals surface area contributed by atoms with Gasteiger partial charge in [-0.2, -0.15) is 0 Å². The van der Waals surface area contributed by atoms with Crippen molar-refractivity contribution in [2.24, 2.45) is 0 Å². The maximum atomic E-state index is 12.4. The molecule has 0 N–H and O–H groups in total. The Morgan fingerprint density at radius 1 is 0.719 bits per heavy atom. The van der Waals surface area contributed by atoms with E-state index in [0.29, 0.717) is 17.7 Å². The van der Waals surface area contributed by atoms with Gasteiger partial charge in [0.15, 0.2) is 0 Å². The Kier molecular flexibility index (Phi) is 19.1. The van der Waals surface area contributed by atoms with Gasteiger partial charge in [-0.25, -0.2) is 0 Å². The van der Waals surface area contributed by atoms with Crippen LogP contribution in [0.15, 0.2) is 47.6 Å². The number of terminal acetylenes is 1. The van der Waals surface area contributed by atoms with Gasteiger partial charge in [-0.1, -0.05) is 88.8 Å². The number of hydrogen-bond donors (Lipinski definition) is 0. The molecule has 0 aromatic carbocycles. The van der Waals surface area contributed by atoms with E-state index in [1.54, 1.807) is 13.0 Å². The first-order chi connectivity index (χ1) is 15.6. The quantitative estimate of drug-likeness (QED) is 0.101. The zero-order valence-electron chi connectivity index (χ0n) is 20.8. The molecule has 0 radical (unpaired) electrons. The summed E-state index contributed by atoms with van der Waals surface area (Å²) in [5.41, 5.74) is 1.16. The van der Waals surface area contributed by atoms with Gasteiger partial charge in [-0.05, 0) is 51.9 Å². The second kappa shape index (κ2) is 20.6. The third-order valence-corrected chi connectivity index (χ3v) is 5.55. The highest BCUT2D eigenvalue weighted by Crippen LogP contribution is 2.22. The molecule has 2 amide bonds. The number of amides is 2. The van der Waals surface area contributed by atoms with Crippen LogP contribution in [0.1, 0.15) is 104 Å². The molecule has 0 saturated carbocycles. The minimum Gasteiger partial charge on any atom is -0.275 e. The Labute approximate surface area is 197 Å². The number of rotatable bonds is 17. The van der Waals surface area contributed by atoms with Gasteiger partial charge in [0.05, 0.1) is 0 Å². The second-order valence-corrected chi connectivity index (χ2v) is 8.20. The molecule has 0 spiro atoms. The predicted molar refractivity (Wildman–Crippen MR) is 138 cm³/mol. The van der Waals surface area contributed by atoms with Crippen molar-refractivity contribution in [1.29, 1.82) is 0 Å². The highest BCUT2D eigenvalue weighted by Gasteiger charge is 2.33. The number of carbonyl (C=O) groups is 2. The first kappa shape index (κ1) is 29.7. The van der Waals surface area contributed by atoms with E-state index in [-0.39, 0.29) is 11.8 Å². The summed E-state index contributed by atoms with van der Waals surface area (Å²) >= 11 is 0. The maximum Gasteiger partial charge on any atom is 0.261 e. The minimum absolute atomic E-state index is 0.113. The lowest BCUT2D eigenvalue weighted by Gasteiger charge is -2.14. The molecule has 0 aliphatic carbocycles. The lowest BCUT2D eigenvalue weighted by molar-refractivity contribution is -0.137. The van der Waals surface area contributed by atoms with Gasteiger partial charge >= 0.3 is 0 Å². The van der Waals surface area contributed by atoms with Crippen LogP contribution in [0.25, 0.3) is 0 Å². The summed E-state index contributed by atoms with van der Waals surface area (Å²) in [5, 5.41) is 0. The minimum atomic E-state index is -0.121. The van der Waals surface area contributed by atoms with Crippen LogP contribution in [-0.4, -0.2) is 23.3 Å². The van der Waals surface area contributed by atoms with Gasteiger partial charge in [0.25, 0.3) is 11.8 Å². The van der Waals surface area contributed by atoms with E-state index in [1.807, 2.05) is 13.0 Å². The number of carbonyl (C=O) groups excluding carboxylic acids is 2. The van der Waals surface area contributed by atoms with Crippen molar-refractivity contribution in [2.45, 2.75) is 104 Å². The first-order valence-electron chi connectivity index (χ1n) is 12.5. The van der Waals surface area contributed by atoms with E-state index >= 15 is 0 Å². The van der Waals surface area contributed by atoms with Crippen LogP contribution in [-0.2, 0) is 9.59 Å². The van der Waals surface area contributed by atoms with Gasteiger partial charge in [-0.3, -0.25) is 14.5 Å². The van der Waals surface area contributed by atoms with Crippen LogP contribution in [0, 0.1) is 12.8 Å². The second-order valence-electron chi connectivity index (χ2n) is 8.20. The van der Waals surface area contributed by atoms with Crippen molar-refractivity contribution < 1.29 is 9.59 Å². The van der Waals surface area contributed by atoms with Gasteiger partial charge < -0.3 is 0 Å². The molecule has 0 fully saturated rings. The molecule has 0 atom stereocenters. The smallest absolute Gasteiger partial charge is 0.261 e. The number of nitrogens with zero attached hydrogens (tertiary/aromatic N) is 1. The number of allylic oxidation sites excluding steroid dienone is 5. The maximum absolute atomic E-state index is 12.4. The normalized spacial score (nSPS) is 14.3. The third-order valence-electron chi connectivity index (χ3n) is 5.55. The molecule has 1 aliphatic rings. The van der Waals surface area contributed by atoms with E-state index in [4.69, 9.17) is 0 Å². The summed E-state index contributed by atoms with van der Waals surface area (Å²) in [4.78, 5) is 26.1. The molecule has 0 aromatic rings. The van der Waals surface area contributed by atoms with Crippen molar-refractivity contribution in [1.82, 2.24) is 4.90 Å². The molecule has 1 heterocycles. The molecular weight excluding hydrogens is 394 g/mol. The third kappa shape index (κ3) is 12.5. The Bertz CT molecular complexity index is 664. The fourth-order valence-electron chi connectivity index (χ4n) is 3.61. The van der Waals surface area contributed by atoms with Gasteiger partial charge in [0.2, 0.25) is 0 Å². The molecule has 0 saturated heterocycles. The molecule has 3 nitrogen and oxygen atoms in total. The zero-order chi connectivity index (χ0) is 24.0. The van der Waals surface area contributed by atoms with Gasteiger partial charge in [-0.15, -0.1) is 12.8 Å². The zero-order valence-corrected chi connectivity index (χ0v) is 20.8. The largest absolute Gasteiger partial charge is 0.275 e. The van der Waals surface area contributed by atoms with Crippen molar-refractivity contribution in [3.05, 3.63) is 47.6 Å². The summed E-state index contributed by atoms with van der Waals surface area (Å²) in [7, 11) is 0. The topological polar surface area (TPSA) is 37.4 Å². The Balaban J connectivity index is 0.00000466. The van der Waals surface area contributed by atoms with E-state index in [2.05, 4.69) is 44.1 Å². The summed E-state index contributed by atoms with van der Waals surface area (Å²) in [6.45, 7) is 6.57. The molecule has 178 valence electrons. The molecule has 1 aliphatic heterocycles. The predicted octanol–water partition coefficient (Wildman–Crippen LogP) is 7.70. The van der Waals surface area contributed by atoms with Gasteiger partial charge in [0.1, 0.15) is 0 Å². The van der Waals surface area contributed by atoms with E-state index in [0.717, 1.165) is 25.7 Å². The summed E-state index contributed by atoms with van der Waals surface area (Å²) in [5.74, 6) is -0.233. The summed E-state index contributed by atoms with van der Waals surface area (Å²) in [6, 6.07) is 0. The molecular formula is C29H45NO2. The van der Waals surface area contributed by atoms with Crippen LogP contribution >= 0.6 is 0 Å². The van der Waals surface area contributed by atoms with Crippen LogP contribution in [0.2, 0.25) is 0 Å². The van der Waals surface area contributed by atoms with Crippen LogP contribution in [0.4, 0.5) is 0 Å². The standard InChI is InChI=1S/C27H43NO2.C2H2/c1-4-6-8-9-10-11-12-13-14-15-16-17-18-19-20-21-23-28-26(29)24(3)25(27(28)30)22-7-5-2;1-2/h7,10-11,13-14,22H,4-6,8-9,12,15-21,23H2,1-3H3;1-2H/b11-10-,14-13-,22-7-;. The highest BCUT2D eigenvalue weighted by molar-refractivity contribution is 6.20. The first-order valence-corrected chi connectivity index (χ1v) is 12.5. The van der Waals surface area contributed by atoms with E-state index in [1.165, 1.54) is 62.7 Å². The van der Waals surface area contributed by atoms with Crippen molar-refractivity contribution in [3.8, 4) is 12.8 Å². The van der Waals surface area contributed by atoms with Crippen molar-refractivity contribution in [3.63, 3.8) is 0 Å². The Morgan fingerprint density at radius 2 is 1.28 bits per heavy atom. The van der Waals surface area contributed by atoms with E-state index < -0.39 is 0 Å². The van der Waals surface area contributed by atoms with E-state index in [9.17, 15) is 9.59 Å². The average Bonchev–Trinajstić information content (AvgIpc) is 3.01. The Morgan fingerprint density at radius 3 is 1.88 bits per heavy atom. The molecule has 32 heavy (non-hydrogen) atoms. The summed E-state index contributed by atoms with van der Waals surface area (Å²) < 4.78 is 0. The fraction of sp³-hybridized carbons (Fsp3) is 0.586. The van der Waals surface area contributed by atoms with Crippen LogP contribution in [0.5, 0.6) is 0 Å². The van der Waals surface area contributed by atoms with Gasteiger partial charge in [0, 0.05) is 17.7 Å². The molecule has 0 unspecified atom stereocenters. The number of imide groups is 1. The number of hydrogen-bond acceptors (Lipinski definition) is 2. The monoisotopic (exact) mass is 439 g/mol. The fourth-order valence-corrected chi connectivity index (χ4v) is 3.61. The molecule has 3 heteroatoms. The molecule has 0 bridgehead atoms.